The fourth-order valence-electron chi connectivity index (χ4n) is 11.4. The summed E-state index contributed by atoms with van der Waals surface area (Å²) in [6.45, 7) is 16.8. The third kappa shape index (κ3) is 12.9. The quantitative estimate of drug-likeness (QED) is 0.0777. The molecule has 0 bridgehead atoms. The number of aryl methyl sites for hydroxylation is 1. The lowest BCUT2D eigenvalue weighted by Crippen LogP contribution is -2.74. The number of carbonyl (C=O) groups excluding carboxylic acids is 4. The number of nitrogens with zero attached hydrogens (tertiary/aromatic N) is 8. The van der Waals surface area contributed by atoms with E-state index in [9.17, 15) is 37.6 Å². The standard InChI is InChI=1S/C56H73F3N8O7S/c1-35-46(75-34-62-35)37-19-17-36(18-20-37)31-64(10)49(70)44-28-41(72-13)32-67(44)50(71)47(53(2,3)4)65(11)45(68)33-73-26-16-14-15-25-63(9)39-22-24-43(61-30-39)48(69)66(12)51-54(5,6)52(55(51,7)8)74-40-23-21-38(29-60)42(27-40)56(57,58)59/h17-24,27,30,34,41,44,47,51-52H,14-16,25-26,28,31-33H2,1-13H3/t41-,44?,47-,51-,52-/m1/s1. The second-order valence-corrected chi connectivity index (χ2v) is 23.1. The number of methoxy groups -OCH3 is 1. The molecule has 19 heteroatoms. The maximum absolute atomic E-state index is 14.5. The first-order valence-corrected chi connectivity index (χ1v) is 26.1. The van der Waals surface area contributed by atoms with Crippen LogP contribution in [-0.4, -0.2) is 145 Å². The van der Waals surface area contributed by atoms with Gasteiger partial charge in [-0.1, -0.05) is 72.7 Å². The van der Waals surface area contributed by atoms with Crippen LogP contribution in [0.1, 0.15) is 107 Å². The van der Waals surface area contributed by atoms with E-state index in [4.69, 9.17) is 14.2 Å². The second-order valence-electron chi connectivity index (χ2n) is 22.2. The minimum Gasteiger partial charge on any atom is -0.489 e. The van der Waals surface area contributed by atoms with Gasteiger partial charge in [0.25, 0.3) is 5.91 Å². The highest BCUT2D eigenvalue weighted by molar-refractivity contribution is 7.13. The zero-order chi connectivity index (χ0) is 55.4. The Hall–Kier alpha value is -6.10. The van der Waals surface area contributed by atoms with E-state index in [1.807, 2.05) is 103 Å². The van der Waals surface area contributed by atoms with E-state index in [-0.39, 0.29) is 60.4 Å². The minimum absolute atomic E-state index is 0.00246. The largest absolute Gasteiger partial charge is 0.489 e. The van der Waals surface area contributed by atoms with Crippen molar-refractivity contribution >= 4 is 40.7 Å². The van der Waals surface area contributed by atoms with Crippen molar-refractivity contribution in [2.45, 2.75) is 124 Å². The molecule has 2 aromatic carbocycles. The average Bonchev–Trinajstić information content (AvgIpc) is 4.00. The molecule has 4 aromatic rings. The van der Waals surface area contributed by atoms with E-state index in [1.165, 1.54) is 11.0 Å². The van der Waals surface area contributed by atoms with Crippen LogP contribution in [0, 0.1) is 34.5 Å². The molecule has 75 heavy (non-hydrogen) atoms. The van der Waals surface area contributed by atoms with Gasteiger partial charge in [0.1, 0.15) is 36.2 Å². The SMILES string of the molecule is CO[C@@H]1CC(C(=O)N(C)Cc2ccc(-c3scnc3C)cc2)N(C(=O)[C@@H](N(C)C(=O)COCCCCCN(C)c2ccc(C(=O)N(C)[C@H]3C(C)(C)[C@H](Oc4ccc(C#N)c(C(F)(F)F)c4)C3(C)C)nc2)C(C)(C)C)C1. The molecule has 3 heterocycles. The fourth-order valence-corrected chi connectivity index (χ4v) is 12.3. The molecular weight excluding hydrogens is 986 g/mol. The van der Waals surface area contributed by atoms with Crippen molar-refractivity contribution in [2.24, 2.45) is 16.2 Å². The number of ether oxygens (including phenoxy) is 3. The molecule has 1 unspecified atom stereocenters. The van der Waals surface area contributed by atoms with Gasteiger partial charge in [-0.2, -0.15) is 18.4 Å². The number of amides is 4. The Balaban J connectivity index is 0.946. The molecule has 1 aliphatic carbocycles. The molecule has 1 saturated carbocycles. The molecule has 1 saturated heterocycles. The van der Waals surface area contributed by atoms with Crippen molar-refractivity contribution in [3.8, 4) is 22.3 Å². The smallest absolute Gasteiger partial charge is 0.417 e. The number of likely N-dealkylation sites (N-methyl/N-ethyl adjacent to an activating group) is 2. The van der Waals surface area contributed by atoms with Gasteiger partial charge in [-0.05, 0) is 73.1 Å². The molecule has 2 aromatic heterocycles. The molecule has 6 rings (SSSR count). The summed E-state index contributed by atoms with van der Waals surface area (Å²) in [5, 5.41) is 9.21. The lowest BCUT2D eigenvalue weighted by atomic mass is 9.49. The van der Waals surface area contributed by atoms with Crippen LogP contribution in [0.3, 0.4) is 0 Å². The summed E-state index contributed by atoms with van der Waals surface area (Å²) in [5.41, 5.74) is 2.36. The zero-order valence-corrected chi connectivity index (χ0v) is 46.4. The van der Waals surface area contributed by atoms with Gasteiger partial charge in [0.15, 0.2) is 0 Å². The first-order valence-electron chi connectivity index (χ1n) is 25.3. The van der Waals surface area contributed by atoms with E-state index < -0.39 is 51.7 Å². The lowest BCUT2D eigenvalue weighted by molar-refractivity contribution is -0.195. The number of hydrogen-bond donors (Lipinski definition) is 0. The number of benzene rings is 2. The van der Waals surface area contributed by atoms with Crippen molar-refractivity contribution in [1.29, 1.82) is 5.26 Å². The number of likely N-dealkylation sites (tertiary alicyclic amines) is 1. The molecule has 0 N–H and O–H groups in total. The summed E-state index contributed by atoms with van der Waals surface area (Å²) in [7, 11) is 8.56. The van der Waals surface area contributed by atoms with Gasteiger partial charge in [0.2, 0.25) is 17.7 Å². The van der Waals surface area contributed by atoms with Crippen LogP contribution in [-0.2, 0) is 36.6 Å². The Labute approximate surface area is 443 Å². The van der Waals surface area contributed by atoms with Gasteiger partial charge >= 0.3 is 6.18 Å². The molecule has 0 spiro atoms. The molecular formula is C56H73F3N8O7S. The Morgan fingerprint density at radius 1 is 0.933 bits per heavy atom. The number of rotatable bonds is 20. The van der Waals surface area contributed by atoms with Gasteiger partial charge < -0.3 is 38.7 Å². The summed E-state index contributed by atoms with van der Waals surface area (Å²) < 4.78 is 58.8. The van der Waals surface area contributed by atoms with Crippen LogP contribution in [0.25, 0.3) is 10.4 Å². The maximum Gasteiger partial charge on any atom is 0.417 e. The van der Waals surface area contributed by atoms with Crippen LogP contribution >= 0.6 is 11.3 Å². The monoisotopic (exact) mass is 1060 g/mol. The normalized spacial score (nSPS) is 19.4. The number of alkyl halides is 3. The molecule has 406 valence electrons. The van der Waals surface area contributed by atoms with Crippen molar-refractivity contribution in [3.63, 3.8) is 0 Å². The average molecular weight is 1060 g/mol. The Morgan fingerprint density at radius 2 is 1.61 bits per heavy atom. The second kappa shape index (κ2) is 23.4. The van der Waals surface area contributed by atoms with E-state index in [0.29, 0.717) is 32.5 Å². The molecule has 2 fully saturated rings. The fraction of sp³-hybridized carbons (Fsp3) is 0.554. The molecule has 4 amide bonds. The highest BCUT2D eigenvalue weighted by Crippen LogP contribution is 2.58. The number of halogens is 3. The van der Waals surface area contributed by atoms with Crippen molar-refractivity contribution in [3.05, 3.63) is 94.4 Å². The summed E-state index contributed by atoms with van der Waals surface area (Å²) in [6.07, 6.45) is -1.27. The molecule has 15 nitrogen and oxygen atoms in total. The number of carbonyl (C=O) groups is 4. The van der Waals surface area contributed by atoms with Gasteiger partial charge in [-0.15, -0.1) is 11.3 Å². The number of anilines is 1. The van der Waals surface area contributed by atoms with Crippen molar-refractivity contribution in [1.82, 2.24) is 29.6 Å². The third-order valence-corrected chi connectivity index (χ3v) is 15.8. The van der Waals surface area contributed by atoms with E-state index in [2.05, 4.69) is 9.97 Å². The zero-order valence-electron chi connectivity index (χ0n) is 45.6. The third-order valence-electron chi connectivity index (χ3n) is 14.8. The number of aromatic nitrogens is 2. The van der Waals surface area contributed by atoms with Crippen LogP contribution in [0.15, 0.2) is 66.3 Å². The molecule has 2 aliphatic rings. The number of nitriles is 1. The van der Waals surface area contributed by atoms with Crippen LogP contribution < -0.4 is 9.64 Å². The number of unbranched alkanes of at least 4 members (excludes halogenated alkanes) is 2. The van der Waals surface area contributed by atoms with E-state index in [1.54, 1.807) is 72.6 Å². The Morgan fingerprint density at radius 3 is 2.19 bits per heavy atom. The lowest BCUT2D eigenvalue weighted by Gasteiger charge is -2.65. The summed E-state index contributed by atoms with van der Waals surface area (Å²) >= 11 is 1.58. The molecule has 1 aliphatic heterocycles. The van der Waals surface area contributed by atoms with Gasteiger partial charge in [0.05, 0.1) is 51.3 Å². The highest BCUT2D eigenvalue weighted by Gasteiger charge is 2.66. The summed E-state index contributed by atoms with van der Waals surface area (Å²) in [4.78, 5) is 74.3. The minimum atomic E-state index is -4.72. The summed E-state index contributed by atoms with van der Waals surface area (Å²) in [6, 6.07) is 14.5. The topological polar surface area (TPSA) is 162 Å². The van der Waals surface area contributed by atoms with E-state index >= 15 is 0 Å². The Kier molecular flexibility index (Phi) is 18.2. The van der Waals surface area contributed by atoms with Gasteiger partial charge in [0, 0.05) is 84.8 Å². The first-order chi connectivity index (χ1) is 35.1. The van der Waals surface area contributed by atoms with Crippen LogP contribution in [0.4, 0.5) is 18.9 Å². The van der Waals surface area contributed by atoms with Crippen LogP contribution in [0.2, 0.25) is 0 Å². The number of thiazole rings is 1. The maximum atomic E-state index is 14.5. The van der Waals surface area contributed by atoms with Crippen LogP contribution in [0.5, 0.6) is 5.75 Å². The first kappa shape index (κ1) is 58.2. The Bertz CT molecular complexity index is 2680. The molecule has 0 radical (unpaired) electrons. The van der Waals surface area contributed by atoms with Crippen molar-refractivity contribution < 1.29 is 46.6 Å². The number of hydrogen-bond acceptors (Lipinski definition) is 12. The van der Waals surface area contributed by atoms with E-state index in [0.717, 1.165) is 52.4 Å². The van der Waals surface area contributed by atoms with Gasteiger partial charge in [-0.25, -0.2) is 9.97 Å². The number of pyridine rings is 1. The predicted molar refractivity (Wildman–Crippen MR) is 282 cm³/mol. The summed E-state index contributed by atoms with van der Waals surface area (Å²) in [5.74, 6) is -1.16. The highest BCUT2D eigenvalue weighted by atomic mass is 32.1. The predicted octanol–water partition coefficient (Wildman–Crippen LogP) is 9.13. The van der Waals surface area contributed by atoms with Gasteiger partial charge in [-0.3, -0.25) is 19.2 Å². The molecule has 3 atom stereocenters. The van der Waals surface area contributed by atoms with Crippen molar-refractivity contribution in [2.75, 3.05) is 66.5 Å².